The second kappa shape index (κ2) is 16.5. The summed E-state index contributed by atoms with van der Waals surface area (Å²) < 4.78 is 0. The van der Waals surface area contributed by atoms with Crippen LogP contribution in [0.1, 0.15) is 128 Å². The maximum absolute atomic E-state index is 12.0. The van der Waals surface area contributed by atoms with Crippen molar-refractivity contribution >= 4 is 16.6 Å². The van der Waals surface area contributed by atoms with Crippen molar-refractivity contribution in [1.82, 2.24) is 4.98 Å². The predicted octanol–water partition coefficient (Wildman–Crippen LogP) is 11.0. The average Bonchev–Trinajstić information content (AvgIpc) is 3.52. The van der Waals surface area contributed by atoms with Crippen molar-refractivity contribution in [3.05, 3.63) is 77.2 Å². The molecule has 1 fully saturated rings. The second-order valence-corrected chi connectivity index (χ2v) is 12.5. The zero-order valence-electron chi connectivity index (χ0n) is 27.1. The fraction of sp³-hybridized carbons (Fsp3) is 0.526. The standard InChI is InChI=1S/C24H26N.C14H26O2.Ir/c1-16(2)19-8-9-23-20(14-19)10-11-25-24(23)22-13-17(3)12-21(15-22)18-6-4-5-7-18;1-6-11(7-2)12(15)10-13(16)14(5,8-3)9-4;/h8-12,14-16,18H,4-7H2,1-3H3;10-11,15H,6-9H2,1-5H3;/q-1;;/b;12-10-;. The predicted molar refractivity (Wildman–Crippen MR) is 175 cm³/mol. The minimum Gasteiger partial charge on any atom is -0.512 e. The second-order valence-electron chi connectivity index (χ2n) is 12.5. The van der Waals surface area contributed by atoms with Gasteiger partial charge in [-0.3, -0.25) is 4.79 Å². The Morgan fingerprint density at radius 3 is 2.26 bits per heavy atom. The van der Waals surface area contributed by atoms with Gasteiger partial charge in [0.1, 0.15) is 0 Å². The van der Waals surface area contributed by atoms with Crippen molar-refractivity contribution in [2.24, 2.45) is 11.3 Å². The van der Waals surface area contributed by atoms with Gasteiger partial charge in [-0.15, -0.1) is 34.9 Å². The first-order valence-electron chi connectivity index (χ1n) is 15.9. The van der Waals surface area contributed by atoms with Crippen LogP contribution >= 0.6 is 0 Å². The third kappa shape index (κ3) is 8.87. The molecule has 1 aromatic heterocycles. The van der Waals surface area contributed by atoms with Crippen LogP contribution in [0.25, 0.3) is 22.0 Å². The molecule has 3 aromatic rings. The van der Waals surface area contributed by atoms with E-state index in [0.717, 1.165) is 42.9 Å². The van der Waals surface area contributed by atoms with Crippen LogP contribution in [0.2, 0.25) is 0 Å². The molecule has 1 heterocycles. The number of aromatic nitrogens is 1. The Hall–Kier alpha value is -2.29. The van der Waals surface area contributed by atoms with Gasteiger partial charge in [-0.25, -0.2) is 0 Å². The summed E-state index contributed by atoms with van der Waals surface area (Å²) in [6, 6.07) is 17.1. The molecule has 2 aromatic carbocycles. The van der Waals surface area contributed by atoms with E-state index in [1.165, 1.54) is 59.2 Å². The van der Waals surface area contributed by atoms with Crippen molar-refractivity contribution in [2.75, 3.05) is 0 Å². The molecule has 1 N–H and O–H groups in total. The van der Waals surface area contributed by atoms with Gasteiger partial charge in [0.05, 0.1) is 5.76 Å². The number of carbonyl (C=O) groups is 1. The van der Waals surface area contributed by atoms with Gasteiger partial charge in [0.2, 0.25) is 0 Å². The molecule has 0 spiro atoms. The number of fused-ring (bicyclic) bond motifs is 1. The van der Waals surface area contributed by atoms with E-state index >= 15 is 0 Å². The molecule has 0 unspecified atom stereocenters. The Kier molecular flexibility index (Phi) is 14.1. The molecule has 0 amide bonds. The maximum atomic E-state index is 12.0. The minimum atomic E-state index is -0.319. The molecule has 231 valence electrons. The molecule has 1 radical (unpaired) electrons. The van der Waals surface area contributed by atoms with E-state index in [2.05, 4.69) is 63.2 Å². The number of benzene rings is 2. The van der Waals surface area contributed by atoms with E-state index < -0.39 is 0 Å². The molecule has 3 nitrogen and oxygen atoms in total. The van der Waals surface area contributed by atoms with Gasteiger partial charge in [-0.2, -0.15) is 0 Å². The molecule has 0 saturated heterocycles. The van der Waals surface area contributed by atoms with Crippen LogP contribution < -0.4 is 0 Å². The summed E-state index contributed by atoms with van der Waals surface area (Å²) in [7, 11) is 0. The van der Waals surface area contributed by atoms with E-state index in [4.69, 9.17) is 4.98 Å². The topological polar surface area (TPSA) is 50.2 Å². The molecule has 1 saturated carbocycles. The summed E-state index contributed by atoms with van der Waals surface area (Å²) >= 11 is 0. The SMILES string of the molecule is CCC(CC)/C(O)=C/C(=O)C(C)(CC)CC.Cc1[c-]c(-c2nccc3cc(C(C)C)ccc23)cc(C2CCCC2)c1.[Ir]. The zero-order valence-corrected chi connectivity index (χ0v) is 29.5. The number of allylic oxidation sites excluding steroid dienone is 2. The van der Waals surface area contributed by atoms with Crippen LogP contribution in [0.3, 0.4) is 0 Å². The number of rotatable bonds is 10. The van der Waals surface area contributed by atoms with Gasteiger partial charge >= 0.3 is 0 Å². The summed E-state index contributed by atoms with van der Waals surface area (Å²) in [5.74, 6) is 1.70. The van der Waals surface area contributed by atoms with Crippen LogP contribution in [0.4, 0.5) is 0 Å². The Bertz CT molecular complexity index is 1330. The van der Waals surface area contributed by atoms with E-state index in [1.807, 2.05) is 40.8 Å². The zero-order chi connectivity index (χ0) is 30.2. The summed E-state index contributed by atoms with van der Waals surface area (Å²) in [5.41, 5.74) is 5.96. The van der Waals surface area contributed by atoms with Crippen molar-refractivity contribution in [1.29, 1.82) is 0 Å². The van der Waals surface area contributed by atoms with Gasteiger partial charge in [0.15, 0.2) is 5.78 Å². The number of aliphatic hydroxyl groups excluding tert-OH is 1. The maximum Gasteiger partial charge on any atom is 0.164 e. The number of pyridine rings is 1. The molecule has 0 bridgehead atoms. The van der Waals surface area contributed by atoms with Gasteiger partial charge in [-0.1, -0.05) is 86.4 Å². The van der Waals surface area contributed by atoms with Crippen LogP contribution in [0, 0.1) is 24.3 Å². The summed E-state index contributed by atoms with van der Waals surface area (Å²) in [4.78, 5) is 16.8. The number of aryl methyl sites for hydroxylation is 1. The summed E-state index contributed by atoms with van der Waals surface area (Å²) in [6.45, 7) is 16.7. The molecular formula is C38H52IrNO2-. The van der Waals surface area contributed by atoms with Crippen LogP contribution in [-0.2, 0) is 24.9 Å². The van der Waals surface area contributed by atoms with Crippen LogP contribution in [0.15, 0.2) is 54.4 Å². The molecule has 1 aliphatic rings. The van der Waals surface area contributed by atoms with Crippen molar-refractivity contribution in [3.63, 3.8) is 0 Å². The van der Waals surface area contributed by atoms with E-state index in [-0.39, 0.29) is 43.0 Å². The smallest absolute Gasteiger partial charge is 0.164 e. The number of ketones is 1. The number of hydrogen-bond donors (Lipinski definition) is 1. The molecular weight excluding hydrogens is 695 g/mol. The number of nitrogens with zero attached hydrogens (tertiary/aromatic N) is 1. The first kappa shape index (κ1) is 35.9. The van der Waals surface area contributed by atoms with Gasteiger partial charge in [-0.05, 0) is 78.5 Å². The molecule has 0 atom stereocenters. The average molecular weight is 747 g/mol. The first-order valence-corrected chi connectivity index (χ1v) is 15.9. The Morgan fingerprint density at radius 2 is 1.69 bits per heavy atom. The summed E-state index contributed by atoms with van der Waals surface area (Å²) in [5, 5.41) is 12.4. The number of hydrogen-bond acceptors (Lipinski definition) is 3. The third-order valence-corrected chi connectivity index (χ3v) is 9.40. The van der Waals surface area contributed by atoms with E-state index in [1.54, 1.807) is 0 Å². The number of carbonyl (C=O) groups excluding carboxylic acids is 1. The normalized spacial score (nSPS) is 14.2. The van der Waals surface area contributed by atoms with Crippen LogP contribution in [-0.4, -0.2) is 15.9 Å². The van der Waals surface area contributed by atoms with E-state index in [0.29, 0.717) is 5.92 Å². The van der Waals surface area contributed by atoms with Crippen molar-refractivity contribution in [3.8, 4) is 11.3 Å². The quantitative estimate of drug-likeness (QED) is 0.128. The molecule has 0 aliphatic heterocycles. The fourth-order valence-corrected chi connectivity index (χ4v) is 5.87. The molecule has 1 aliphatic carbocycles. The first-order chi connectivity index (χ1) is 19.6. The van der Waals surface area contributed by atoms with Crippen molar-refractivity contribution in [2.45, 2.75) is 119 Å². The van der Waals surface area contributed by atoms with E-state index in [9.17, 15) is 9.90 Å². The Morgan fingerprint density at radius 1 is 1.05 bits per heavy atom. The fourth-order valence-electron chi connectivity index (χ4n) is 5.87. The number of aliphatic hydroxyl groups is 1. The van der Waals surface area contributed by atoms with Gasteiger partial charge in [0.25, 0.3) is 0 Å². The Balaban J connectivity index is 0.000000319. The third-order valence-electron chi connectivity index (χ3n) is 9.40. The minimum absolute atomic E-state index is 0. The van der Waals surface area contributed by atoms with Gasteiger partial charge < -0.3 is 10.1 Å². The van der Waals surface area contributed by atoms with Crippen LogP contribution in [0.5, 0.6) is 0 Å². The largest absolute Gasteiger partial charge is 0.512 e. The summed E-state index contributed by atoms with van der Waals surface area (Å²) in [6.07, 6.45) is 12.1. The monoisotopic (exact) mass is 747 g/mol. The molecule has 4 rings (SSSR count). The molecule has 42 heavy (non-hydrogen) atoms. The van der Waals surface area contributed by atoms with Crippen molar-refractivity contribution < 1.29 is 30.0 Å². The van der Waals surface area contributed by atoms with Gasteiger partial charge in [0, 0.05) is 43.7 Å². The Labute approximate surface area is 269 Å². The molecule has 4 heteroatoms.